The van der Waals surface area contributed by atoms with Gasteiger partial charge in [0, 0.05) is 19.2 Å². The zero-order valence-electron chi connectivity index (χ0n) is 24.2. The number of pyridine rings is 1. The van der Waals surface area contributed by atoms with Gasteiger partial charge < -0.3 is 15.4 Å². The van der Waals surface area contributed by atoms with Crippen LogP contribution in [0.5, 0.6) is 5.75 Å². The molecule has 234 valence electrons. The van der Waals surface area contributed by atoms with Crippen LogP contribution in [0.25, 0.3) is 0 Å². The number of aryl methyl sites for hydroxylation is 1. The molecule has 12 nitrogen and oxygen atoms in total. The summed E-state index contributed by atoms with van der Waals surface area (Å²) in [5.74, 6) is -1.38. The molecule has 4 aromatic rings. The summed E-state index contributed by atoms with van der Waals surface area (Å²) in [6.07, 6.45) is -1.96. The molecule has 0 aliphatic heterocycles. The summed E-state index contributed by atoms with van der Waals surface area (Å²) < 4.78 is 58.4. The predicted molar refractivity (Wildman–Crippen MR) is 149 cm³/mol. The predicted octanol–water partition coefficient (Wildman–Crippen LogP) is 4.00. The van der Waals surface area contributed by atoms with Gasteiger partial charge in [0.1, 0.15) is 11.9 Å². The lowest BCUT2D eigenvalue weighted by Crippen LogP contribution is -2.24. The Labute approximate surface area is 249 Å². The Bertz CT molecular complexity index is 1580. The Balaban J connectivity index is 1.20. The van der Waals surface area contributed by atoms with E-state index in [1.807, 2.05) is 12.1 Å². The van der Waals surface area contributed by atoms with Gasteiger partial charge in [-0.25, -0.2) is 9.07 Å². The quantitative estimate of drug-likeness (QED) is 0.227. The number of alkyl halides is 4. The third kappa shape index (κ3) is 9.84. The maximum absolute atomic E-state index is 14.7. The Kier molecular flexibility index (Phi) is 9.90. The monoisotopic (exact) mass is 617 g/mol. The van der Waals surface area contributed by atoms with E-state index in [4.69, 9.17) is 0 Å². The largest absolute Gasteiger partial charge is 0.573 e. The first-order chi connectivity index (χ1) is 20.7. The Morgan fingerprint density at radius 1 is 1.02 bits per heavy atom. The van der Waals surface area contributed by atoms with E-state index in [1.54, 1.807) is 6.20 Å². The van der Waals surface area contributed by atoms with Gasteiger partial charge in [0.2, 0.25) is 5.91 Å². The molecule has 0 saturated carbocycles. The molecule has 16 heteroatoms. The third-order valence-corrected chi connectivity index (χ3v) is 6.24. The lowest BCUT2D eigenvalue weighted by atomic mass is 9.87. The highest BCUT2D eigenvalue weighted by Crippen LogP contribution is 2.24. The number of halogens is 4. The van der Waals surface area contributed by atoms with Crippen molar-refractivity contribution < 1.29 is 31.9 Å². The highest BCUT2D eigenvalue weighted by atomic mass is 19.4. The van der Waals surface area contributed by atoms with Gasteiger partial charge in [0.25, 0.3) is 5.91 Å². The zero-order valence-corrected chi connectivity index (χ0v) is 24.2. The van der Waals surface area contributed by atoms with Crippen molar-refractivity contribution in [2.45, 2.75) is 71.2 Å². The van der Waals surface area contributed by atoms with Gasteiger partial charge in [-0.05, 0) is 40.8 Å². The number of amides is 2. The van der Waals surface area contributed by atoms with Crippen LogP contribution in [0.15, 0.2) is 55.0 Å². The Hall–Kier alpha value is -4.89. The topological polar surface area (TPSA) is 142 Å². The molecular formula is C28H31F4N9O3. The molecule has 2 N–H and O–H groups in total. The van der Waals surface area contributed by atoms with Crippen LogP contribution in [0.3, 0.4) is 0 Å². The fourth-order valence-electron chi connectivity index (χ4n) is 4.05. The first-order valence-corrected chi connectivity index (χ1v) is 13.6. The SMILES string of the molecule is CC(C)(C)c1ccnc(CNC(=O)c2cn(CCC(F)Cn3cc(NC(=O)Cc4cccc(OC(F)(F)F)c4)nn3)nn2)c1. The van der Waals surface area contributed by atoms with Gasteiger partial charge in [-0.1, -0.05) is 43.3 Å². The zero-order chi connectivity index (χ0) is 31.9. The molecule has 1 aromatic carbocycles. The fraction of sp³-hybridized carbons (Fsp3) is 0.393. The number of anilines is 1. The van der Waals surface area contributed by atoms with Crippen LogP contribution in [0.2, 0.25) is 0 Å². The number of carbonyl (C=O) groups is 2. The number of hydrogen-bond donors (Lipinski definition) is 2. The van der Waals surface area contributed by atoms with Crippen molar-refractivity contribution in [3.63, 3.8) is 0 Å². The highest BCUT2D eigenvalue weighted by molar-refractivity contribution is 5.92. The van der Waals surface area contributed by atoms with Crippen LogP contribution < -0.4 is 15.4 Å². The van der Waals surface area contributed by atoms with Gasteiger partial charge in [-0.3, -0.25) is 19.3 Å². The molecule has 1 atom stereocenters. The Morgan fingerprint density at radius 2 is 1.80 bits per heavy atom. The molecule has 0 radical (unpaired) electrons. The van der Waals surface area contributed by atoms with Crippen molar-refractivity contribution in [3.05, 3.63) is 77.5 Å². The smallest absolute Gasteiger partial charge is 0.406 e. The van der Waals surface area contributed by atoms with Gasteiger partial charge in [0.05, 0.1) is 37.6 Å². The van der Waals surface area contributed by atoms with Crippen LogP contribution in [0, 0.1) is 0 Å². The number of aromatic nitrogens is 7. The molecule has 0 fully saturated rings. The van der Waals surface area contributed by atoms with Crippen molar-refractivity contribution in [2.24, 2.45) is 0 Å². The van der Waals surface area contributed by atoms with Crippen LogP contribution in [0.1, 0.15) is 54.5 Å². The number of nitrogens with zero attached hydrogens (tertiary/aromatic N) is 7. The molecule has 44 heavy (non-hydrogen) atoms. The number of hydrogen-bond acceptors (Lipinski definition) is 8. The molecule has 0 spiro atoms. The summed E-state index contributed by atoms with van der Waals surface area (Å²) in [5.41, 5.74) is 2.13. The number of nitrogens with one attached hydrogen (secondary N) is 2. The van der Waals surface area contributed by atoms with Crippen LogP contribution in [-0.4, -0.2) is 59.3 Å². The molecule has 3 aromatic heterocycles. The minimum Gasteiger partial charge on any atom is -0.406 e. The maximum Gasteiger partial charge on any atom is 0.573 e. The number of ether oxygens (including phenoxy) is 1. The van der Waals surface area contributed by atoms with Gasteiger partial charge in [-0.2, -0.15) is 0 Å². The van der Waals surface area contributed by atoms with Gasteiger partial charge in [0.15, 0.2) is 11.5 Å². The minimum atomic E-state index is -4.85. The molecule has 0 saturated heterocycles. The summed E-state index contributed by atoms with van der Waals surface area (Å²) in [4.78, 5) is 29.1. The summed E-state index contributed by atoms with van der Waals surface area (Å²) in [6.45, 7) is 6.46. The second kappa shape index (κ2) is 13.6. The number of rotatable bonds is 12. The molecule has 1 unspecified atom stereocenters. The normalized spacial score (nSPS) is 12.5. The van der Waals surface area contributed by atoms with Crippen molar-refractivity contribution >= 4 is 17.6 Å². The average molecular weight is 618 g/mol. The number of carbonyl (C=O) groups excluding carboxylic acids is 2. The summed E-state index contributed by atoms with van der Waals surface area (Å²) in [5, 5.41) is 20.5. The minimum absolute atomic E-state index is 0.0336. The molecule has 0 aliphatic carbocycles. The van der Waals surface area contributed by atoms with E-state index in [0.717, 1.165) is 17.7 Å². The van der Waals surface area contributed by atoms with Gasteiger partial charge in [-0.15, -0.1) is 23.4 Å². The van der Waals surface area contributed by atoms with Crippen LogP contribution >= 0.6 is 0 Å². The maximum atomic E-state index is 14.7. The second-order valence-electron chi connectivity index (χ2n) is 11.0. The van der Waals surface area contributed by atoms with Crippen molar-refractivity contribution in [2.75, 3.05) is 5.32 Å². The lowest BCUT2D eigenvalue weighted by molar-refractivity contribution is -0.274. The fourth-order valence-corrected chi connectivity index (χ4v) is 4.05. The molecule has 0 bridgehead atoms. The molecule has 2 amide bonds. The van der Waals surface area contributed by atoms with E-state index < -0.39 is 30.1 Å². The molecule has 0 aliphatic rings. The van der Waals surface area contributed by atoms with Crippen molar-refractivity contribution in [1.82, 2.24) is 40.3 Å². The summed E-state index contributed by atoms with van der Waals surface area (Å²) in [6, 6.07) is 8.91. The number of benzene rings is 1. The summed E-state index contributed by atoms with van der Waals surface area (Å²) >= 11 is 0. The molecule has 4 rings (SSSR count). The van der Waals surface area contributed by atoms with E-state index in [9.17, 15) is 27.2 Å². The van der Waals surface area contributed by atoms with Crippen LogP contribution in [0.4, 0.5) is 23.4 Å². The van der Waals surface area contributed by atoms with Gasteiger partial charge >= 0.3 is 6.36 Å². The second-order valence-corrected chi connectivity index (χ2v) is 11.0. The van der Waals surface area contributed by atoms with E-state index >= 15 is 0 Å². The Morgan fingerprint density at radius 3 is 2.55 bits per heavy atom. The van der Waals surface area contributed by atoms with Crippen molar-refractivity contribution in [1.29, 1.82) is 0 Å². The summed E-state index contributed by atoms with van der Waals surface area (Å²) in [7, 11) is 0. The lowest BCUT2D eigenvalue weighted by Gasteiger charge is -2.19. The van der Waals surface area contributed by atoms with E-state index in [0.29, 0.717) is 5.69 Å². The average Bonchev–Trinajstić information content (AvgIpc) is 3.59. The first-order valence-electron chi connectivity index (χ1n) is 13.6. The highest BCUT2D eigenvalue weighted by Gasteiger charge is 2.31. The standard InChI is InChI=1S/C28H31F4N9O3/c1-27(2,3)19-7-9-33-21(13-19)14-34-26(43)23-16-40(38-36-23)10-8-20(29)15-41-17-24(37-39-41)35-25(42)12-18-5-4-6-22(11-18)44-28(30,31)32/h4-7,9,11,13,16-17,20H,8,10,12,14-15H2,1-3H3,(H,34,43)(H,35,42). The third-order valence-electron chi connectivity index (χ3n) is 6.24. The first kappa shape index (κ1) is 32.0. The van der Waals surface area contributed by atoms with Crippen molar-refractivity contribution in [3.8, 4) is 5.75 Å². The van der Waals surface area contributed by atoms with E-state index in [-0.39, 0.29) is 55.0 Å². The van der Waals surface area contributed by atoms with Crippen LogP contribution in [-0.2, 0) is 36.3 Å². The van der Waals surface area contributed by atoms with E-state index in [1.165, 1.54) is 33.9 Å². The van der Waals surface area contributed by atoms with E-state index in [2.05, 4.69) is 61.7 Å². The molecular weight excluding hydrogens is 586 g/mol. The molecule has 3 heterocycles.